The zero-order chi connectivity index (χ0) is 20.4. The monoisotopic (exact) mass is 453 g/mol. The molecule has 0 saturated heterocycles. The first-order chi connectivity index (χ1) is 14.1. The number of esters is 1. The average molecular weight is 454 g/mol. The van der Waals surface area contributed by atoms with E-state index in [4.69, 9.17) is 9.47 Å². The molecular formula is C21H16BrN3O4. The number of ether oxygens (including phenoxy) is 2. The van der Waals surface area contributed by atoms with E-state index in [1.807, 2.05) is 18.2 Å². The Bertz CT molecular complexity index is 1160. The fourth-order valence-electron chi connectivity index (χ4n) is 2.91. The number of carbonyl (C=O) groups excluding carboxylic acids is 2. The maximum atomic E-state index is 12.9. The molecule has 146 valence electrons. The van der Waals surface area contributed by atoms with Crippen LogP contribution in [0.5, 0.6) is 0 Å². The van der Waals surface area contributed by atoms with Crippen molar-refractivity contribution >= 4 is 50.5 Å². The number of carbonyl (C=O) groups is 2. The number of nitrogens with zero attached hydrogens (tertiary/aromatic N) is 1. The van der Waals surface area contributed by atoms with Crippen molar-refractivity contribution in [3.05, 3.63) is 76.0 Å². The molecule has 0 radical (unpaired) electrons. The van der Waals surface area contributed by atoms with E-state index < -0.39 is 11.8 Å². The van der Waals surface area contributed by atoms with Gasteiger partial charge >= 0.3 is 5.97 Å². The number of rotatable bonds is 5. The van der Waals surface area contributed by atoms with E-state index in [0.717, 1.165) is 15.4 Å². The van der Waals surface area contributed by atoms with Gasteiger partial charge in [0, 0.05) is 33.5 Å². The maximum Gasteiger partial charge on any atom is 0.347 e. The van der Waals surface area contributed by atoms with Gasteiger partial charge in [-0.05, 0) is 49.4 Å². The molecule has 1 aliphatic rings. The van der Waals surface area contributed by atoms with Crippen LogP contribution in [0, 0.1) is 0 Å². The van der Waals surface area contributed by atoms with Crippen LogP contribution < -0.4 is 5.32 Å². The Labute approximate surface area is 174 Å². The summed E-state index contributed by atoms with van der Waals surface area (Å²) in [5.74, 6) is -1.21. The molecule has 3 heterocycles. The van der Waals surface area contributed by atoms with Crippen molar-refractivity contribution < 1.29 is 19.1 Å². The molecule has 2 aromatic heterocycles. The van der Waals surface area contributed by atoms with E-state index >= 15 is 0 Å². The van der Waals surface area contributed by atoms with Gasteiger partial charge in [0.2, 0.25) is 11.7 Å². The van der Waals surface area contributed by atoms with Crippen LogP contribution in [0.2, 0.25) is 0 Å². The van der Waals surface area contributed by atoms with E-state index in [9.17, 15) is 9.59 Å². The van der Waals surface area contributed by atoms with Gasteiger partial charge in [-0.2, -0.15) is 0 Å². The molecule has 8 heteroatoms. The largest absolute Gasteiger partial charge is 0.462 e. The number of aromatic amines is 1. The zero-order valence-corrected chi connectivity index (χ0v) is 16.9. The molecule has 1 aliphatic heterocycles. The number of hydrogen-bond acceptors (Lipinski definition) is 6. The van der Waals surface area contributed by atoms with E-state index in [1.165, 1.54) is 0 Å². The van der Waals surface area contributed by atoms with Gasteiger partial charge < -0.3 is 19.8 Å². The van der Waals surface area contributed by atoms with Gasteiger partial charge in [-0.15, -0.1) is 0 Å². The van der Waals surface area contributed by atoms with Gasteiger partial charge in [0.15, 0.2) is 11.3 Å². The molecule has 0 atom stereocenters. The number of nitrogens with one attached hydrogen (secondary N) is 2. The summed E-state index contributed by atoms with van der Waals surface area (Å²) in [6, 6.07) is 10.9. The molecular weight excluding hydrogens is 438 g/mol. The lowest BCUT2D eigenvalue weighted by Crippen LogP contribution is -2.16. The van der Waals surface area contributed by atoms with Crippen LogP contribution in [0.1, 0.15) is 12.5 Å². The molecule has 2 N–H and O–H groups in total. The first-order valence-corrected chi connectivity index (χ1v) is 9.66. The fraction of sp³-hybridized carbons (Fsp3) is 0.0952. The van der Waals surface area contributed by atoms with Crippen molar-refractivity contribution in [2.75, 3.05) is 11.9 Å². The van der Waals surface area contributed by atoms with Crippen molar-refractivity contribution in [3.8, 4) is 0 Å². The Hall–Kier alpha value is -3.39. The van der Waals surface area contributed by atoms with E-state index in [2.05, 4.69) is 31.2 Å². The highest BCUT2D eigenvalue weighted by atomic mass is 79.9. The molecule has 4 rings (SSSR count). The number of fused-ring (bicyclic) bond motifs is 1. The van der Waals surface area contributed by atoms with Crippen molar-refractivity contribution in [3.63, 3.8) is 0 Å². The van der Waals surface area contributed by atoms with Crippen LogP contribution in [-0.4, -0.2) is 28.3 Å². The first-order valence-electron chi connectivity index (χ1n) is 8.87. The zero-order valence-electron chi connectivity index (χ0n) is 15.4. The number of ketones is 1. The number of anilines is 1. The van der Waals surface area contributed by atoms with E-state index in [-0.39, 0.29) is 23.8 Å². The Morgan fingerprint density at radius 1 is 1.31 bits per heavy atom. The Morgan fingerprint density at radius 2 is 2.10 bits per heavy atom. The number of H-pyrrole nitrogens is 1. The number of halogens is 1. The summed E-state index contributed by atoms with van der Waals surface area (Å²) < 4.78 is 11.7. The van der Waals surface area contributed by atoms with E-state index in [0.29, 0.717) is 11.3 Å². The molecule has 0 saturated carbocycles. The van der Waals surface area contributed by atoms with E-state index in [1.54, 1.807) is 43.6 Å². The second kappa shape index (κ2) is 7.92. The van der Waals surface area contributed by atoms with Gasteiger partial charge in [-0.3, -0.25) is 4.79 Å². The minimum atomic E-state index is -0.735. The summed E-state index contributed by atoms with van der Waals surface area (Å²) in [7, 11) is 0. The lowest BCUT2D eigenvalue weighted by atomic mass is 10.1. The standard InChI is InChI=1S/C21H16BrN3O4/c1-2-28-21(27)17-18(26)16(10-12-11-24-19-15(12)4-3-9-23-19)29-20(17)25-14-7-5-13(22)6-8-14/h3-11,25H,2H2,1H3,(H,23,24)/b16-10-. The summed E-state index contributed by atoms with van der Waals surface area (Å²) in [5.41, 5.74) is 1.91. The molecule has 0 unspecified atom stereocenters. The minimum absolute atomic E-state index is 0.0254. The summed E-state index contributed by atoms with van der Waals surface area (Å²) in [6.45, 7) is 1.82. The molecule has 0 amide bonds. The topological polar surface area (TPSA) is 93.3 Å². The minimum Gasteiger partial charge on any atom is -0.462 e. The highest BCUT2D eigenvalue weighted by molar-refractivity contribution is 9.10. The lowest BCUT2D eigenvalue weighted by molar-refractivity contribution is -0.139. The van der Waals surface area contributed by atoms with Gasteiger partial charge in [-0.25, -0.2) is 9.78 Å². The lowest BCUT2D eigenvalue weighted by Gasteiger charge is -2.08. The third kappa shape index (κ3) is 3.79. The average Bonchev–Trinajstić information content (AvgIpc) is 3.25. The second-order valence-electron chi connectivity index (χ2n) is 6.14. The predicted octanol–water partition coefficient (Wildman–Crippen LogP) is 4.15. The third-order valence-corrected chi connectivity index (χ3v) is 4.77. The first kappa shape index (κ1) is 18.9. The van der Waals surface area contributed by atoms with Gasteiger partial charge in [0.25, 0.3) is 0 Å². The smallest absolute Gasteiger partial charge is 0.347 e. The van der Waals surface area contributed by atoms with Gasteiger partial charge in [0.1, 0.15) is 5.65 Å². The van der Waals surface area contributed by atoms with Crippen molar-refractivity contribution in [1.82, 2.24) is 9.97 Å². The van der Waals surface area contributed by atoms with Crippen LogP contribution >= 0.6 is 15.9 Å². The van der Waals surface area contributed by atoms with Crippen molar-refractivity contribution in [1.29, 1.82) is 0 Å². The van der Waals surface area contributed by atoms with Crippen molar-refractivity contribution in [2.45, 2.75) is 6.92 Å². The SMILES string of the molecule is CCOC(=O)C1=C(Nc2ccc(Br)cc2)O/C(=C\c2c[nH]c3ncccc23)C1=O. The summed E-state index contributed by atoms with van der Waals surface area (Å²) in [5, 5.41) is 3.83. The van der Waals surface area contributed by atoms with Crippen LogP contribution in [0.4, 0.5) is 5.69 Å². The van der Waals surface area contributed by atoms with Crippen LogP contribution in [0.15, 0.2) is 70.5 Å². The third-order valence-electron chi connectivity index (χ3n) is 4.24. The van der Waals surface area contributed by atoms with Crippen LogP contribution in [-0.2, 0) is 19.1 Å². The second-order valence-corrected chi connectivity index (χ2v) is 7.06. The molecule has 0 aliphatic carbocycles. The highest BCUT2D eigenvalue weighted by Gasteiger charge is 2.37. The molecule has 7 nitrogen and oxygen atoms in total. The van der Waals surface area contributed by atoms with Gasteiger partial charge in [0.05, 0.1) is 6.61 Å². The highest BCUT2D eigenvalue weighted by Crippen LogP contribution is 2.30. The summed E-state index contributed by atoms with van der Waals surface area (Å²) in [6.07, 6.45) is 4.98. The number of pyridine rings is 1. The van der Waals surface area contributed by atoms with Crippen LogP contribution in [0.25, 0.3) is 17.1 Å². The van der Waals surface area contributed by atoms with Crippen LogP contribution in [0.3, 0.4) is 0 Å². The number of Topliss-reactive ketones (excluding diaryl/α,β-unsaturated/α-hetero) is 1. The Kier molecular flexibility index (Phi) is 5.18. The Morgan fingerprint density at radius 3 is 2.86 bits per heavy atom. The quantitative estimate of drug-likeness (QED) is 0.342. The molecule has 29 heavy (non-hydrogen) atoms. The number of hydrogen-bond donors (Lipinski definition) is 2. The van der Waals surface area contributed by atoms with Crippen molar-refractivity contribution in [2.24, 2.45) is 0 Å². The number of benzene rings is 1. The normalized spacial score (nSPS) is 15.1. The predicted molar refractivity (Wildman–Crippen MR) is 112 cm³/mol. The summed E-state index contributed by atoms with van der Waals surface area (Å²) >= 11 is 3.37. The number of allylic oxidation sites excluding steroid dienone is 1. The maximum absolute atomic E-state index is 12.9. The fourth-order valence-corrected chi connectivity index (χ4v) is 3.17. The molecule has 0 spiro atoms. The molecule has 0 fully saturated rings. The Balaban J connectivity index is 1.70. The van der Waals surface area contributed by atoms with Gasteiger partial charge in [-0.1, -0.05) is 15.9 Å². The molecule has 1 aromatic carbocycles. The molecule has 3 aromatic rings. The molecule has 0 bridgehead atoms. The number of aromatic nitrogens is 2. The summed E-state index contributed by atoms with van der Waals surface area (Å²) in [4.78, 5) is 32.6.